The highest BCUT2D eigenvalue weighted by Crippen LogP contribution is 2.31. The second-order valence-electron chi connectivity index (χ2n) is 6.79. The number of nitrogens with one attached hydrogen (secondary N) is 2. The van der Waals surface area contributed by atoms with Crippen molar-refractivity contribution < 1.29 is 4.39 Å². The minimum Gasteiger partial charge on any atom is -0.383 e. The molecule has 0 spiro atoms. The van der Waals surface area contributed by atoms with Crippen molar-refractivity contribution in [3.05, 3.63) is 89.8 Å². The highest BCUT2D eigenvalue weighted by Gasteiger charge is 2.21. The highest BCUT2D eigenvalue weighted by atomic mass is 19.1. The second kappa shape index (κ2) is 7.68. The van der Waals surface area contributed by atoms with Crippen LogP contribution in [0.1, 0.15) is 35.6 Å². The average molecular weight is 375 g/mol. The molecule has 0 amide bonds. The van der Waals surface area contributed by atoms with E-state index in [0.29, 0.717) is 11.2 Å². The molecule has 1 aromatic carbocycles. The van der Waals surface area contributed by atoms with Gasteiger partial charge in [0.1, 0.15) is 11.5 Å². The minimum absolute atomic E-state index is 0.0214. The van der Waals surface area contributed by atoms with Crippen molar-refractivity contribution in [2.24, 2.45) is 10.7 Å². The maximum absolute atomic E-state index is 14.6. The molecule has 0 saturated carbocycles. The number of allylic oxidation sites excluding steroid dienone is 2. The molecule has 1 aliphatic rings. The lowest BCUT2D eigenvalue weighted by molar-refractivity contribution is 0.485. The van der Waals surface area contributed by atoms with Crippen LogP contribution in [0.2, 0.25) is 0 Å². The predicted molar refractivity (Wildman–Crippen MR) is 110 cm³/mol. The molecule has 6 heteroatoms. The number of hydrogen-bond donors (Lipinski definition) is 3. The lowest BCUT2D eigenvalue weighted by atomic mass is 9.88. The topological polar surface area (TPSA) is 79.1 Å². The van der Waals surface area contributed by atoms with Gasteiger partial charge in [0.15, 0.2) is 11.6 Å². The number of aliphatic imine (C=N–C) groups is 1. The van der Waals surface area contributed by atoms with Gasteiger partial charge in [-0.1, -0.05) is 30.8 Å². The summed E-state index contributed by atoms with van der Waals surface area (Å²) < 4.78 is 14.6. The highest BCUT2D eigenvalue weighted by molar-refractivity contribution is 6.08. The Morgan fingerprint density at radius 1 is 1.32 bits per heavy atom. The number of benzene rings is 1. The van der Waals surface area contributed by atoms with Gasteiger partial charge in [0.05, 0.1) is 6.04 Å². The van der Waals surface area contributed by atoms with E-state index in [1.807, 2.05) is 24.3 Å². The molecule has 2 heterocycles. The van der Waals surface area contributed by atoms with Crippen molar-refractivity contribution >= 4 is 16.9 Å². The summed E-state index contributed by atoms with van der Waals surface area (Å²) in [6.45, 7) is 3.54. The fourth-order valence-electron chi connectivity index (χ4n) is 3.67. The molecule has 3 aromatic rings. The van der Waals surface area contributed by atoms with Gasteiger partial charge < -0.3 is 16.0 Å². The van der Waals surface area contributed by atoms with E-state index in [0.717, 1.165) is 30.7 Å². The molecule has 4 N–H and O–H groups in total. The van der Waals surface area contributed by atoms with Gasteiger partial charge in [-0.25, -0.2) is 14.4 Å². The largest absolute Gasteiger partial charge is 0.383 e. The van der Waals surface area contributed by atoms with Crippen molar-refractivity contribution in [3.8, 4) is 0 Å². The third-order valence-electron chi connectivity index (χ3n) is 5.05. The molecule has 28 heavy (non-hydrogen) atoms. The number of nitrogens with zero attached hydrogens (tertiary/aromatic N) is 2. The Bertz CT molecular complexity index is 1080. The summed E-state index contributed by atoms with van der Waals surface area (Å²) in [7, 11) is 0. The number of fused-ring (bicyclic) bond motifs is 2. The van der Waals surface area contributed by atoms with Gasteiger partial charge in [0, 0.05) is 23.3 Å². The number of halogens is 1. The smallest absolute Gasteiger partial charge is 0.165 e. The molecule has 0 saturated heterocycles. The van der Waals surface area contributed by atoms with Crippen LogP contribution in [0.3, 0.4) is 0 Å². The lowest BCUT2D eigenvalue weighted by Crippen LogP contribution is -2.26. The van der Waals surface area contributed by atoms with E-state index < -0.39 is 5.83 Å². The fourth-order valence-corrected chi connectivity index (χ4v) is 3.67. The van der Waals surface area contributed by atoms with Crippen molar-refractivity contribution in [3.63, 3.8) is 0 Å². The molecule has 142 valence electrons. The van der Waals surface area contributed by atoms with Gasteiger partial charge in [-0.3, -0.25) is 0 Å². The number of hydrogen-bond acceptors (Lipinski definition) is 3. The number of aromatic nitrogens is 2. The molecule has 0 radical (unpaired) electrons. The zero-order valence-electron chi connectivity index (χ0n) is 15.5. The van der Waals surface area contributed by atoms with E-state index in [4.69, 9.17) is 5.73 Å². The van der Waals surface area contributed by atoms with Crippen molar-refractivity contribution in [2.45, 2.75) is 25.3 Å². The number of nitrogens with two attached hydrogens (primary N) is 1. The number of amidine groups is 1. The Kier molecular flexibility index (Phi) is 4.93. The number of pyridine rings is 1. The number of rotatable bonds is 5. The van der Waals surface area contributed by atoms with Crippen LogP contribution in [-0.2, 0) is 6.42 Å². The summed E-state index contributed by atoms with van der Waals surface area (Å²) in [6.07, 6.45) is 7.54. The summed E-state index contributed by atoms with van der Waals surface area (Å²) >= 11 is 0. The third kappa shape index (κ3) is 3.41. The van der Waals surface area contributed by atoms with Crippen LogP contribution in [0.4, 0.5) is 4.39 Å². The summed E-state index contributed by atoms with van der Waals surface area (Å²) in [4.78, 5) is 11.7. The standard InChI is InChI=1S/C22H22FN5/c1-2-18(23)22(27-19-11-5-8-14-7-3-4-9-15(14)19)28-20(24)17-13-26-21-16(17)10-6-12-25-21/h2-4,6-7,9-10,12-13,19,27H,1,5,8,11H2,(H2,24,28)(H,25,26)/b22-18+/t19-/m0/s1. The maximum atomic E-state index is 14.6. The molecule has 0 bridgehead atoms. The van der Waals surface area contributed by atoms with E-state index >= 15 is 0 Å². The Labute approximate surface area is 162 Å². The number of aryl methyl sites for hydroxylation is 1. The van der Waals surface area contributed by atoms with Gasteiger partial charge in [-0.05, 0) is 48.6 Å². The van der Waals surface area contributed by atoms with Crippen LogP contribution >= 0.6 is 0 Å². The zero-order chi connectivity index (χ0) is 19.5. The molecule has 1 atom stereocenters. The number of H-pyrrole nitrogens is 1. The molecule has 0 aliphatic heterocycles. The second-order valence-corrected chi connectivity index (χ2v) is 6.79. The van der Waals surface area contributed by atoms with Gasteiger partial charge in [-0.2, -0.15) is 0 Å². The normalized spacial score (nSPS) is 17.8. The van der Waals surface area contributed by atoms with Gasteiger partial charge in [0.2, 0.25) is 0 Å². The van der Waals surface area contributed by atoms with E-state index in [1.54, 1.807) is 12.4 Å². The molecular formula is C22H22FN5. The lowest BCUT2D eigenvalue weighted by Gasteiger charge is -2.27. The van der Waals surface area contributed by atoms with Gasteiger partial charge >= 0.3 is 0 Å². The number of aromatic amines is 1. The Morgan fingerprint density at radius 3 is 3.04 bits per heavy atom. The fraction of sp³-hybridized carbons (Fsp3) is 0.182. The molecule has 5 nitrogen and oxygen atoms in total. The van der Waals surface area contributed by atoms with Crippen LogP contribution in [-0.4, -0.2) is 15.8 Å². The van der Waals surface area contributed by atoms with Crippen LogP contribution in [0.15, 0.2) is 78.1 Å². The summed E-state index contributed by atoms with van der Waals surface area (Å²) in [5.74, 6) is -0.237. The van der Waals surface area contributed by atoms with Crippen molar-refractivity contribution in [1.29, 1.82) is 0 Å². The van der Waals surface area contributed by atoms with Crippen LogP contribution in [0.5, 0.6) is 0 Å². The molecule has 0 unspecified atom stereocenters. The Morgan fingerprint density at radius 2 is 2.18 bits per heavy atom. The molecule has 4 rings (SSSR count). The first kappa shape index (κ1) is 18.0. The van der Waals surface area contributed by atoms with E-state index in [-0.39, 0.29) is 17.7 Å². The van der Waals surface area contributed by atoms with Crippen molar-refractivity contribution in [2.75, 3.05) is 0 Å². The Hall–Kier alpha value is -3.41. The SMILES string of the molecule is C=C/C(F)=C(\N=C(N)c1c[nH]c2ncccc12)N[C@H]1CCCc2ccccc21. The first-order chi connectivity index (χ1) is 13.7. The quantitative estimate of drug-likeness (QED) is 0.354. The van der Waals surface area contributed by atoms with Gasteiger partial charge in [-0.15, -0.1) is 0 Å². The van der Waals surface area contributed by atoms with Crippen LogP contribution in [0, 0.1) is 0 Å². The van der Waals surface area contributed by atoms with E-state index in [9.17, 15) is 4.39 Å². The van der Waals surface area contributed by atoms with Gasteiger partial charge in [0.25, 0.3) is 0 Å². The van der Waals surface area contributed by atoms with Crippen LogP contribution < -0.4 is 11.1 Å². The van der Waals surface area contributed by atoms with E-state index in [2.05, 4.69) is 39.0 Å². The minimum atomic E-state index is -0.538. The summed E-state index contributed by atoms with van der Waals surface area (Å²) in [5, 5.41) is 4.08. The van der Waals surface area contributed by atoms with Crippen LogP contribution in [0.25, 0.3) is 11.0 Å². The predicted octanol–water partition coefficient (Wildman–Crippen LogP) is 4.26. The summed E-state index contributed by atoms with van der Waals surface area (Å²) in [5.41, 5.74) is 10.1. The maximum Gasteiger partial charge on any atom is 0.165 e. The molecular weight excluding hydrogens is 353 g/mol. The first-order valence-corrected chi connectivity index (χ1v) is 9.30. The average Bonchev–Trinajstić information content (AvgIpc) is 3.17. The third-order valence-corrected chi connectivity index (χ3v) is 5.05. The monoisotopic (exact) mass is 375 g/mol. The molecule has 2 aromatic heterocycles. The Balaban J connectivity index is 1.68. The first-order valence-electron chi connectivity index (χ1n) is 9.30. The molecule has 1 aliphatic carbocycles. The zero-order valence-corrected chi connectivity index (χ0v) is 15.5. The van der Waals surface area contributed by atoms with Crippen molar-refractivity contribution in [1.82, 2.24) is 15.3 Å². The van der Waals surface area contributed by atoms with E-state index in [1.165, 1.54) is 11.1 Å². The summed E-state index contributed by atoms with van der Waals surface area (Å²) in [6, 6.07) is 11.9. The molecule has 0 fully saturated rings.